The van der Waals surface area contributed by atoms with Crippen LogP contribution in [0.1, 0.15) is 26.3 Å². The SMILES string of the molecule is CC(C)(C)c1ccc(O[PH](=O)O)cc1.[NaH]. The standard InChI is InChI=1S/C10H15O3P.Na.H/c1-10(2,3)8-4-6-9(7-5-8)13-14(11)12;;/h4-7,14H,1-3H3,(H,11,12);;. The molecule has 1 unspecified atom stereocenters. The molecule has 0 aliphatic heterocycles. The van der Waals surface area contributed by atoms with Crippen molar-refractivity contribution in [2.75, 3.05) is 0 Å². The molecule has 0 aliphatic carbocycles. The maximum atomic E-state index is 10.4. The Labute approximate surface area is 113 Å². The second-order valence-electron chi connectivity index (χ2n) is 4.14. The Balaban J connectivity index is 0.00000196. The Bertz CT molecular complexity index is 330. The van der Waals surface area contributed by atoms with E-state index in [2.05, 4.69) is 25.3 Å². The molecule has 1 aromatic carbocycles. The van der Waals surface area contributed by atoms with E-state index in [4.69, 9.17) is 4.89 Å². The summed E-state index contributed by atoms with van der Waals surface area (Å²) in [6, 6.07) is 7.22. The molecular formula is C10H16NaO3P. The first-order valence-corrected chi connectivity index (χ1v) is 5.67. The normalized spacial score (nSPS) is 12.8. The molecular weight excluding hydrogens is 222 g/mol. The first-order chi connectivity index (χ1) is 6.39. The van der Waals surface area contributed by atoms with Crippen molar-refractivity contribution in [3.63, 3.8) is 0 Å². The van der Waals surface area contributed by atoms with Gasteiger partial charge in [-0.15, -0.1) is 0 Å². The fourth-order valence-corrected chi connectivity index (χ4v) is 1.46. The second kappa shape index (κ2) is 6.07. The van der Waals surface area contributed by atoms with Crippen molar-refractivity contribution in [2.45, 2.75) is 26.2 Å². The zero-order valence-corrected chi connectivity index (χ0v) is 9.57. The van der Waals surface area contributed by atoms with Crippen molar-refractivity contribution in [1.29, 1.82) is 0 Å². The van der Waals surface area contributed by atoms with Gasteiger partial charge in [0.25, 0.3) is 0 Å². The average molecular weight is 238 g/mol. The first kappa shape index (κ1) is 15.2. The van der Waals surface area contributed by atoms with Crippen LogP contribution >= 0.6 is 8.25 Å². The van der Waals surface area contributed by atoms with E-state index in [1.165, 1.54) is 5.56 Å². The fraction of sp³-hybridized carbons (Fsp3) is 0.400. The van der Waals surface area contributed by atoms with Gasteiger partial charge in [0.05, 0.1) is 0 Å². The van der Waals surface area contributed by atoms with Gasteiger partial charge < -0.3 is 9.42 Å². The summed E-state index contributed by atoms with van der Waals surface area (Å²) in [5.41, 5.74) is 1.26. The van der Waals surface area contributed by atoms with Gasteiger partial charge in [0.1, 0.15) is 5.75 Å². The predicted molar refractivity (Wildman–Crippen MR) is 64.1 cm³/mol. The summed E-state index contributed by atoms with van der Waals surface area (Å²) < 4.78 is 15.1. The van der Waals surface area contributed by atoms with Crippen LogP contribution in [0, 0.1) is 0 Å². The minimum atomic E-state index is -2.88. The van der Waals surface area contributed by atoms with Crippen LogP contribution < -0.4 is 4.52 Å². The molecule has 0 amide bonds. The third-order valence-electron chi connectivity index (χ3n) is 1.93. The van der Waals surface area contributed by atoms with Crippen LogP contribution in [0.15, 0.2) is 24.3 Å². The molecule has 0 saturated carbocycles. The Hall–Kier alpha value is 0.210. The summed E-state index contributed by atoms with van der Waals surface area (Å²) in [6.07, 6.45) is 0. The van der Waals surface area contributed by atoms with Gasteiger partial charge >= 0.3 is 37.8 Å². The molecule has 0 fully saturated rings. The van der Waals surface area contributed by atoms with E-state index in [9.17, 15) is 4.57 Å². The van der Waals surface area contributed by atoms with Crippen molar-refractivity contribution in [3.8, 4) is 5.75 Å². The Morgan fingerprint density at radius 2 is 1.67 bits per heavy atom. The van der Waals surface area contributed by atoms with E-state index in [0.29, 0.717) is 5.75 Å². The van der Waals surface area contributed by atoms with Crippen LogP contribution in [-0.2, 0) is 9.98 Å². The van der Waals surface area contributed by atoms with Gasteiger partial charge in [0.2, 0.25) is 0 Å². The predicted octanol–water partition coefficient (Wildman–Crippen LogP) is 2.10. The summed E-state index contributed by atoms with van der Waals surface area (Å²) in [7, 11) is -2.88. The molecule has 0 heterocycles. The fourth-order valence-electron chi connectivity index (χ4n) is 1.12. The summed E-state index contributed by atoms with van der Waals surface area (Å²) >= 11 is 0. The zero-order chi connectivity index (χ0) is 10.8. The molecule has 3 nitrogen and oxygen atoms in total. The monoisotopic (exact) mass is 238 g/mol. The molecule has 15 heavy (non-hydrogen) atoms. The van der Waals surface area contributed by atoms with Crippen molar-refractivity contribution >= 4 is 37.8 Å². The van der Waals surface area contributed by atoms with Gasteiger partial charge in [-0.25, -0.2) is 4.57 Å². The van der Waals surface area contributed by atoms with Crippen LogP contribution in [0.3, 0.4) is 0 Å². The topological polar surface area (TPSA) is 46.5 Å². The van der Waals surface area contributed by atoms with E-state index < -0.39 is 8.25 Å². The van der Waals surface area contributed by atoms with E-state index in [-0.39, 0.29) is 35.0 Å². The maximum absolute atomic E-state index is 10.4. The molecule has 0 aliphatic rings. The molecule has 5 heteroatoms. The summed E-state index contributed by atoms with van der Waals surface area (Å²) in [6.45, 7) is 6.33. The van der Waals surface area contributed by atoms with Crippen LogP contribution in [0.4, 0.5) is 0 Å². The van der Waals surface area contributed by atoms with Crippen LogP contribution in [-0.4, -0.2) is 34.5 Å². The van der Waals surface area contributed by atoms with Crippen LogP contribution in [0.2, 0.25) is 0 Å². The number of hydrogen-bond acceptors (Lipinski definition) is 2. The average Bonchev–Trinajstić information content (AvgIpc) is 2.02. The molecule has 1 N–H and O–H groups in total. The summed E-state index contributed by atoms with van der Waals surface area (Å²) in [4.78, 5) is 8.56. The van der Waals surface area contributed by atoms with E-state index in [1.54, 1.807) is 12.1 Å². The van der Waals surface area contributed by atoms with E-state index in [0.717, 1.165) is 0 Å². The molecule has 1 rings (SSSR count). The van der Waals surface area contributed by atoms with Gasteiger partial charge in [0.15, 0.2) is 0 Å². The number of rotatable bonds is 2. The van der Waals surface area contributed by atoms with Gasteiger partial charge in [-0.05, 0) is 23.1 Å². The summed E-state index contributed by atoms with van der Waals surface area (Å²) in [5, 5.41) is 0. The van der Waals surface area contributed by atoms with E-state index in [1.807, 2.05) is 12.1 Å². The Kier molecular flexibility index (Phi) is 6.16. The third-order valence-corrected chi connectivity index (χ3v) is 2.34. The van der Waals surface area contributed by atoms with E-state index >= 15 is 0 Å². The molecule has 80 valence electrons. The number of hydrogen-bond donors (Lipinski definition) is 1. The molecule has 0 spiro atoms. The quantitative estimate of drug-likeness (QED) is 0.634. The molecule has 1 atom stereocenters. The van der Waals surface area contributed by atoms with Gasteiger partial charge in [-0.1, -0.05) is 32.9 Å². The van der Waals surface area contributed by atoms with Gasteiger partial charge in [-0.3, -0.25) is 0 Å². The first-order valence-electron chi connectivity index (χ1n) is 4.41. The molecule has 0 radical (unpaired) electrons. The van der Waals surface area contributed by atoms with Crippen molar-refractivity contribution < 1.29 is 14.0 Å². The second-order valence-corrected chi connectivity index (χ2v) is 4.88. The Morgan fingerprint density at radius 3 is 2.00 bits per heavy atom. The van der Waals surface area contributed by atoms with Crippen molar-refractivity contribution in [3.05, 3.63) is 29.8 Å². The minimum absolute atomic E-state index is 0. The van der Waals surface area contributed by atoms with Crippen LogP contribution in [0.25, 0.3) is 0 Å². The van der Waals surface area contributed by atoms with Crippen molar-refractivity contribution in [2.24, 2.45) is 0 Å². The van der Waals surface area contributed by atoms with Crippen LogP contribution in [0.5, 0.6) is 5.75 Å². The van der Waals surface area contributed by atoms with Gasteiger partial charge in [-0.2, -0.15) is 0 Å². The molecule has 1 aromatic rings. The van der Waals surface area contributed by atoms with Gasteiger partial charge in [0, 0.05) is 0 Å². The third kappa shape index (κ3) is 5.19. The zero-order valence-electron chi connectivity index (χ0n) is 8.57. The molecule has 0 saturated heterocycles. The molecule has 0 bridgehead atoms. The molecule has 0 aromatic heterocycles. The Morgan fingerprint density at radius 1 is 1.20 bits per heavy atom. The van der Waals surface area contributed by atoms with Crippen molar-refractivity contribution in [1.82, 2.24) is 0 Å². The number of benzene rings is 1. The summed E-state index contributed by atoms with van der Waals surface area (Å²) in [5.74, 6) is 0.435.